The van der Waals surface area contributed by atoms with Crippen LogP contribution >= 0.6 is 50.1 Å². The summed E-state index contributed by atoms with van der Waals surface area (Å²) in [5, 5.41) is 3.49. The molecule has 0 spiro atoms. The Hall–Kier alpha value is 0.190. The van der Waals surface area contributed by atoms with Gasteiger partial charge in [-0.3, -0.25) is 4.79 Å². The lowest BCUT2D eigenvalue weighted by molar-refractivity contribution is 0.0953. The Bertz CT molecular complexity index is 400. The fourth-order valence-corrected chi connectivity index (χ4v) is 2.76. The quantitative estimate of drug-likeness (QED) is 0.550. The van der Waals surface area contributed by atoms with E-state index in [2.05, 4.69) is 50.8 Å². The minimum absolute atomic E-state index is 0.0718. The zero-order valence-corrected chi connectivity index (χ0v) is 14.0. The number of rotatable bonds is 5. The van der Waals surface area contributed by atoms with Gasteiger partial charge in [-0.1, -0.05) is 40.9 Å². The van der Waals surface area contributed by atoms with E-state index in [0.717, 1.165) is 16.4 Å². The first-order valence-electron chi connectivity index (χ1n) is 5.42. The van der Waals surface area contributed by atoms with Gasteiger partial charge >= 0.3 is 0 Å². The number of carbonyl (C=O) groups is 1. The Balaban J connectivity index is 2.61. The van der Waals surface area contributed by atoms with Gasteiger partial charge in [0.15, 0.2) is 0 Å². The van der Waals surface area contributed by atoms with Crippen molar-refractivity contribution in [3.8, 4) is 0 Å². The van der Waals surface area contributed by atoms with Crippen LogP contribution in [0, 0.1) is 3.57 Å². The minimum atomic E-state index is -0.0718. The molecule has 0 heterocycles. The van der Waals surface area contributed by atoms with Crippen LogP contribution in [0.15, 0.2) is 18.2 Å². The third-order valence-corrected chi connectivity index (χ3v) is 4.22. The lowest BCUT2D eigenvalue weighted by atomic mass is 10.2. The van der Waals surface area contributed by atoms with Gasteiger partial charge in [0.2, 0.25) is 0 Å². The summed E-state index contributed by atoms with van der Waals surface area (Å²) < 4.78 is 0.908. The highest BCUT2D eigenvalue weighted by Gasteiger charge is 2.11. The normalized spacial score (nSPS) is 12.2. The Kier molecular flexibility index (Phi) is 6.80. The Morgan fingerprint density at radius 3 is 2.94 bits per heavy atom. The molecule has 0 aromatic heterocycles. The van der Waals surface area contributed by atoms with E-state index in [-0.39, 0.29) is 5.91 Å². The number of halogens is 3. The molecule has 0 saturated carbocycles. The van der Waals surface area contributed by atoms with Gasteiger partial charge in [0.1, 0.15) is 0 Å². The van der Waals surface area contributed by atoms with E-state index in [4.69, 9.17) is 11.6 Å². The maximum absolute atomic E-state index is 11.9. The van der Waals surface area contributed by atoms with E-state index in [0.29, 0.717) is 22.0 Å². The van der Waals surface area contributed by atoms with Crippen LogP contribution in [-0.2, 0) is 0 Å². The van der Waals surface area contributed by atoms with E-state index < -0.39 is 0 Å². The van der Waals surface area contributed by atoms with Crippen LogP contribution in [0.5, 0.6) is 0 Å². The molecule has 1 unspecified atom stereocenters. The van der Waals surface area contributed by atoms with Crippen molar-refractivity contribution in [1.29, 1.82) is 0 Å². The zero-order valence-electron chi connectivity index (χ0n) is 9.47. The van der Waals surface area contributed by atoms with Crippen LogP contribution in [0.2, 0.25) is 5.02 Å². The molecule has 1 atom stereocenters. The third kappa shape index (κ3) is 5.14. The first kappa shape index (κ1) is 15.2. The molecule has 0 radical (unpaired) electrons. The Morgan fingerprint density at radius 2 is 2.29 bits per heavy atom. The average molecular weight is 431 g/mol. The molecule has 0 aliphatic carbocycles. The molecular formula is C12H14BrClINO. The van der Waals surface area contributed by atoms with Crippen LogP contribution in [0.4, 0.5) is 0 Å². The fraction of sp³-hybridized carbons (Fsp3) is 0.417. The van der Waals surface area contributed by atoms with Gasteiger partial charge in [-0.15, -0.1) is 0 Å². The van der Waals surface area contributed by atoms with Crippen LogP contribution < -0.4 is 5.32 Å². The van der Waals surface area contributed by atoms with Gasteiger partial charge in [-0.05, 0) is 47.2 Å². The van der Waals surface area contributed by atoms with Crippen molar-refractivity contribution >= 4 is 56.0 Å². The third-order valence-electron chi connectivity index (χ3n) is 2.26. The summed E-state index contributed by atoms with van der Waals surface area (Å²) in [4.78, 5) is 12.3. The van der Waals surface area contributed by atoms with Crippen molar-refractivity contribution in [3.63, 3.8) is 0 Å². The topological polar surface area (TPSA) is 29.1 Å². The molecule has 0 aliphatic rings. The summed E-state index contributed by atoms with van der Waals surface area (Å²) in [6.45, 7) is 2.76. The molecule has 1 N–H and O–H groups in total. The summed E-state index contributed by atoms with van der Waals surface area (Å²) in [5.74, 6) is -0.0718. The van der Waals surface area contributed by atoms with Gasteiger partial charge in [0.25, 0.3) is 5.91 Å². The number of benzene rings is 1. The van der Waals surface area contributed by atoms with E-state index in [9.17, 15) is 4.79 Å². The van der Waals surface area contributed by atoms with Gasteiger partial charge in [-0.2, -0.15) is 0 Å². The standard InChI is InChI=1S/C12H14BrClINO/c1-2-3-8(13)7-16-12(17)10-6-9(14)4-5-11(10)15/h4-6,8H,2-3,7H2,1H3,(H,16,17). The SMILES string of the molecule is CCCC(Br)CNC(=O)c1cc(Cl)ccc1I. The lowest BCUT2D eigenvalue weighted by Gasteiger charge is -2.11. The molecule has 2 nitrogen and oxygen atoms in total. The predicted molar refractivity (Wildman–Crippen MR) is 84.1 cm³/mol. The maximum atomic E-state index is 11.9. The number of hydrogen-bond donors (Lipinski definition) is 1. The van der Waals surface area contributed by atoms with Crippen molar-refractivity contribution < 1.29 is 4.79 Å². The summed E-state index contributed by atoms with van der Waals surface area (Å²) >= 11 is 11.5. The van der Waals surface area contributed by atoms with E-state index in [1.807, 2.05) is 6.07 Å². The number of nitrogens with one attached hydrogen (secondary N) is 1. The molecule has 5 heteroatoms. The predicted octanol–water partition coefficient (Wildman–Crippen LogP) is 4.24. The van der Waals surface area contributed by atoms with Crippen LogP contribution in [0.1, 0.15) is 30.1 Å². The highest BCUT2D eigenvalue weighted by Crippen LogP contribution is 2.18. The number of carbonyl (C=O) groups excluding carboxylic acids is 1. The van der Waals surface area contributed by atoms with Crippen molar-refractivity contribution in [2.75, 3.05) is 6.54 Å². The number of hydrogen-bond acceptors (Lipinski definition) is 1. The van der Waals surface area contributed by atoms with Crippen molar-refractivity contribution in [3.05, 3.63) is 32.4 Å². The van der Waals surface area contributed by atoms with E-state index in [1.165, 1.54) is 0 Å². The molecule has 0 saturated heterocycles. The second-order valence-corrected chi connectivity index (χ2v) is 6.61. The van der Waals surface area contributed by atoms with Gasteiger partial charge in [-0.25, -0.2) is 0 Å². The first-order chi connectivity index (χ1) is 8.04. The molecule has 1 rings (SSSR count). The van der Waals surface area contributed by atoms with Crippen molar-refractivity contribution in [2.45, 2.75) is 24.6 Å². The highest BCUT2D eigenvalue weighted by atomic mass is 127. The maximum Gasteiger partial charge on any atom is 0.252 e. The van der Waals surface area contributed by atoms with Crippen LogP contribution in [0.25, 0.3) is 0 Å². The molecule has 0 bridgehead atoms. The van der Waals surface area contributed by atoms with Crippen LogP contribution in [-0.4, -0.2) is 17.3 Å². The molecular weight excluding hydrogens is 416 g/mol. The Labute approximate surface area is 129 Å². The fourth-order valence-electron chi connectivity index (χ4n) is 1.39. The molecule has 17 heavy (non-hydrogen) atoms. The summed E-state index contributed by atoms with van der Waals surface area (Å²) in [6.07, 6.45) is 2.15. The van der Waals surface area contributed by atoms with Crippen molar-refractivity contribution in [1.82, 2.24) is 5.32 Å². The molecule has 1 amide bonds. The highest BCUT2D eigenvalue weighted by molar-refractivity contribution is 14.1. The summed E-state index contributed by atoms with van der Waals surface area (Å²) in [6, 6.07) is 5.32. The van der Waals surface area contributed by atoms with Gasteiger partial charge in [0, 0.05) is 20.0 Å². The first-order valence-corrected chi connectivity index (χ1v) is 7.79. The van der Waals surface area contributed by atoms with Crippen molar-refractivity contribution in [2.24, 2.45) is 0 Å². The molecule has 1 aromatic rings. The molecule has 0 fully saturated rings. The molecule has 0 aliphatic heterocycles. The number of amides is 1. The van der Waals surface area contributed by atoms with Gasteiger partial charge < -0.3 is 5.32 Å². The zero-order chi connectivity index (χ0) is 12.8. The van der Waals surface area contributed by atoms with Crippen LogP contribution in [0.3, 0.4) is 0 Å². The lowest BCUT2D eigenvalue weighted by Crippen LogP contribution is -2.30. The molecule has 1 aromatic carbocycles. The monoisotopic (exact) mass is 429 g/mol. The smallest absolute Gasteiger partial charge is 0.252 e. The second kappa shape index (κ2) is 7.59. The molecule has 94 valence electrons. The largest absolute Gasteiger partial charge is 0.351 e. The summed E-state index contributed by atoms with van der Waals surface area (Å²) in [7, 11) is 0. The second-order valence-electron chi connectivity index (χ2n) is 3.72. The average Bonchev–Trinajstić information content (AvgIpc) is 2.29. The Morgan fingerprint density at radius 1 is 1.59 bits per heavy atom. The van der Waals surface area contributed by atoms with E-state index in [1.54, 1.807) is 12.1 Å². The minimum Gasteiger partial charge on any atom is -0.351 e. The number of alkyl halides is 1. The van der Waals surface area contributed by atoms with Gasteiger partial charge in [0.05, 0.1) is 5.56 Å². The van der Waals surface area contributed by atoms with E-state index >= 15 is 0 Å². The summed E-state index contributed by atoms with van der Waals surface area (Å²) in [5.41, 5.74) is 0.634.